The molecule has 0 unspecified atom stereocenters. The lowest BCUT2D eigenvalue weighted by molar-refractivity contribution is 0.0523. The van der Waals surface area contributed by atoms with E-state index < -0.39 is 21.8 Å². The monoisotopic (exact) mass is 516 g/mol. The normalized spacial score (nSPS) is 11.9. The summed E-state index contributed by atoms with van der Waals surface area (Å²) in [4.78, 5) is 17.7. The summed E-state index contributed by atoms with van der Waals surface area (Å²) >= 11 is 1.57. The van der Waals surface area contributed by atoms with Crippen LogP contribution in [0.4, 0.5) is 4.79 Å². The fourth-order valence-electron chi connectivity index (χ4n) is 3.44. The van der Waals surface area contributed by atoms with Gasteiger partial charge in [-0.15, -0.1) is 11.3 Å². The Labute approximate surface area is 211 Å². The number of hydrogen-bond donors (Lipinski definition) is 1. The fourth-order valence-corrected chi connectivity index (χ4v) is 5.18. The maximum atomic E-state index is 12.5. The quantitative estimate of drug-likeness (QED) is 0.286. The third kappa shape index (κ3) is 7.88. The number of carbonyl (C=O) groups is 1. The first kappa shape index (κ1) is 26.8. The number of alkyl carbamates (subject to hydrolysis) is 1. The van der Waals surface area contributed by atoms with E-state index in [9.17, 15) is 13.2 Å². The van der Waals surface area contributed by atoms with Gasteiger partial charge in [-0.05, 0) is 82.3 Å². The molecule has 7 nitrogen and oxygen atoms in total. The number of rotatable bonds is 9. The van der Waals surface area contributed by atoms with E-state index in [4.69, 9.17) is 8.92 Å². The molecule has 0 saturated carbocycles. The first-order valence-corrected chi connectivity index (χ1v) is 13.7. The second kappa shape index (κ2) is 11.3. The zero-order valence-electron chi connectivity index (χ0n) is 20.8. The van der Waals surface area contributed by atoms with E-state index in [2.05, 4.69) is 16.4 Å². The third-order valence-corrected chi connectivity index (χ3v) is 7.48. The van der Waals surface area contributed by atoms with Crippen LogP contribution in [0.2, 0.25) is 0 Å². The van der Waals surface area contributed by atoms with Gasteiger partial charge in [0.15, 0.2) is 0 Å². The van der Waals surface area contributed by atoms with Crippen molar-refractivity contribution in [2.75, 3.05) is 6.61 Å². The summed E-state index contributed by atoms with van der Waals surface area (Å²) in [6.07, 6.45) is 0.592. The van der Waals surface area contributed by atoms with E-state index in [-0.39, 0.29) is 11.5 Å². The van der Waals surface area contributed by atoms with E-state index in [0.29, 0.717) is 19.4 Å². The van der Waals surface area contributed by atoms with Crippen molar-refractivity contribution in [3.8, 4) is 10.4 Å². The Morgan fingerprint density at radius 3 is 2.40 bits per heavy atom. The van der Waals surface area contributed by atoms with E-state index >= 15 is 0 Å². The van der Waals surface area contributed by atoms with Crippen molar-refractivity contribution in [2.24, 2.45) is 0 Å². The van der Waals surface area contributed by atoms with Crippen LogP contribution in [0.5, 0.6) is 0 Å². The number of carbonyl (C=O) groups excluding carboxylic acids is 1. The number of hydrogen-bond acceptors (Lipinski definition) is 7. The van der Waals surface area contributed by atoms with Crippen molar-refractivity contribution in [3.63, 3.8) is 0 Å². The standard InChI is InChI=1S/C26H32N2O5S2/c1-18-8-12-23(13-9-18)35(30,31)32-14-6-7-20-15-21(24-19(2)28-17-34-24)10-11-22(20)16-27-25(29)33-26(3,4)5/h8-13,15,17H,6-7,14,16H2,1-5H3,(H,27,29). The first-order chi connectivity index (χ1) is 16.4. The largest absolute Gasteiger partial charge is 0.444 e. The van der Waals surface area contributed by atoms with Gasteiger partial charge in [-0.3, -0.25) is 4.18 Å². The zero-order valence-corrected chi connectivity index (χ0v) is 22.4. The van der Waals surface area contributed by atoms with Crippen LogP contribution in [0.1, 0.15) is 49.6 Å². The number of nitrogens with zero attached hydrogens (tertiary/aromatic N) is 1. The average molecular weight is 517 g/mol. The molecule has 1 N–H and O–H groups in total. The lowest BCUT2D eigenvalue weighted by Crippen LogP contribution is -2.32. The molecule has 0 saturated heterocycles. The van der Waals surface area contributed by atoms with Gasteiger partial charge >= 0.3 is 6.09 Å². The van der Waals surface area contributed by atoms with Gasteiger partial charge in [-0.2, -0.15) is 8.42 Å². The molecule has 35 heavy (non-hydrogen) atoms. The summed E-state index contributed by atoms with van der Waals surface area (Å²) in [5.41, 5.74) is 6.13. The highest BCUT2D eigenvalue weighted by atomic mass is 32.2. The van der Waals surface area contributed by atoms with E-state index in [0.717, 1.165) is 32.8 Å². The molecule has 1 heterocycles. The van der Waals surface area contributed by atoms with Crippen molar-refractivity contribution < 1.29 is 22.1 Å². The number of amides is 1. The molecule has 0 aliphatic rings. The van der Waals surface area contributed by atoms with Crippen molar-refractivity contribution in [2.45, 2.75) is 64.5 Å². The van der Waals surface area contributed by atoms with Crippen LogP contribution < -0.4 is 5.32 Å². The molecule has 0 spiro atoms. The van der Waals surface area contributed by atoms with Gasteiger partial charge in [0.05, 0.1) is 27.6 Å². The summed E-state index contributed by atoms with van der Waals surface area (Å²) in [6, 6.07) is 12.6. The third-order valence-electron chi connectivity index (χ3n) is 5.17. The van der Waals surface area contributed by atoms with Crippen LogP contribution in [0.25, 0.3) is 10.4 Å². The minimum absolute atomic E-state index is 0.0545. The van der Waals surface area contributed by atoms with Crippen LogP contribution >= 0.6 is 11.3 Å². The van der Waals surface area contributed by atoms with Gasteiger partial charge in [0, 0.05) is 6.54 Å². The minimum Gasteiger partial charge on any atom is -0.444 e. The average Bonchev–Trinajstić information content (AvgIpc) is 3.20. The Balaban J connectivity index is 1.70. The molecular weight excluding hydrogens is 484 g/mol. The zero-order chi connectivity index (χ0) is 25.6. The Hall–Kier alpha value is -2.75. The summed E-state index contributed by atoms with van der Waals surface area (Å²) in [5, 5.41) is 2.80. The Kier molecular flexibility index (Phi) is 8.69. The fraction of sp³-hybridized carbons (Fsp3) is 0.385. The van der Waals surface area contributed by atoms with Crippen LogP contribution in [0.3, 0.4) is 0 Å². The molecule has 188 valence electrons. The van der Waals surface area contributed by atoms with Crippen molar-refractivity contribution >= 4 is 27.5 Å². The molecule has 0 bridgehead atoms. The highest BCUT2D eigenvalue weighted by Gasteiger charge is 2.17. The molecule has 3 aromatic rings. The van der Waals surface area contributed by atoms with Gasteiger partial charge < -0.3 is 10.1 Å². The molecule has 0 radical (unpaired) electrons. The van der Waals surface area contributed by atoms with Crippen molar-refractivity contribution in [3.05, 3.63) is 70.4 Å². The molecule has 1 aromatic heterocycles. The molecule has 2 aromatic carbocycles. The first-order valence-electron chi connectivity index (χ1n) is 11.4. The number of aromatic nitrogens is 1. The second-order valence-corrected chi connectivity index (χ2v) is 11.8. The molecule has 0 aliphatic heterocycles. The van der Waals surface area contributed by atoms with Crippen LogP contribution in [0, 0.1) is 13.8 Å². The highest BCUT2D eigenvalue weighted by Crippen LogP contribution is 2.29. The van der Waals surface area contributed by atoms with Crippen molar-refractivity contribution in [1.29, 1.82) is 0 Å². The number of nitrogens with one attached hydrogen (secondary N) is 1. The van der Waals surface area contributed by atoms with Crippen LogP contribution in [-0.4, -0.2) is 31.7 Å². The summed E-state index contributed by atoms with van der Waals surface area (Å²) in [5.74, 6) is 0. The molecule has 0 atom stereocenters. The maximum absolute atomic E-state index is 12.5. The Bertz CT molecular complexity index is 1260. The molecule has 9 heteroatoms. The van der Waals surface area contributed by atoms with E-state index in [1.54, 1.807) is 35.6 Å². The summed E-state index contributed by atoms with van der Waals surface area (Å²) in [7, 11) is -3.81. The topological polar surface area (TPSA) is 94.6 Å². The number of benzene rings is 2. The van der Waals surface area contributed by atoms with Gasteiger partial charge in [0.25, 0.3) is 10.1 Å². The summed E-state index contributed by atoms with van der Waals surface area (Å²) < 4.78 is 35.5. The molecular formula is C26H32N2O5S2. The Morgan fingerprint density at radius 1 is 1.06 bits per heavy atom. The molecule has 0 fully saturated rings. The van der Waals surface area contributed by atoms with Gasteiger partial charge in [0.2, 0.25) is 0 Å². The van der Waals surface area contributed by atoms with E-state index in [1.165, 1.54) is 0 Å². The lowest BCUT2D eigenvalue weighted by Gasteiger charge is -2.20. The predicted molar refractivity (Wildman–Crippen MR) is 138 cm³/mol. The number of thiazole rings is 1. The van der Waals surface area contributed by atoms with Crippen LogP contribution in [-0.2, 0) is 32.0 Å². The molecule has 1 amide bonds. The van der Waals surface area contributed by atoms with Gasteiger partial charge in [-0.1, -0.05) is 29.8 Å². The van der Waals surface area contributed by atoms with Crippen molar-refractivity contribution in [1.82, 2.24) is 10.3 Å². The number of ether oxygens (including phenoxy) is 1. The molecule has 0 aliphatic carbocycles. The molecule has 3 rings (SSSR count). The highest BCUT2D eigenvalue weighted by molar-refractivity contribution is 7.86. The van der Waals surface area contributed by atoms with Crippen LogP contribution in [0.15, 0.2) is 52.9 Å². The Morgan fingerprint density at radius 2 is 1.77 bits per heavy atom. The minimum atomic E-state index is -3.81. The SMILES string of the molecule is Cc1ccc(S(=O)(=O)OCCCc2cc(-c3scnc3C)ccc2CNC(=O)OC(C)(C)C)cc1. The number of aryl methyl sites for hydroxylation is 3. The van der Waals surface area contributed by atoms with Gasteiger partial charge in [-0.25, -0.2) is 9.78 Å². The predicted octanol–water partition coefficient (Wildman–Crippen LogP) is 5.79. The lowest BCUT2D eigenvalue weighted by atomic mass is 9.99. The second-order valence-electron chi connectivity index (χ2n) is 9.30. The van der Waals surface area contributed by atoms with Gasteiger partial charge in [0.1, 0.15) is 5.60 Å². The summed E-state index contributed by atoms with van der Waals surface area (Å²) in [6.45, 7) is 9.66. The smallest absolute Gasteiger partial charge is 0.407 e. The van der Waals surface area contributed by atoms with E-state index in [1.807, 2.05) is 52.3 Å². The maximum Gasteiger partial charge on any atom is 0.407 e.